The Kier molecular flexibility index (Phi) is 5.92. The van der Waals surface area contributed by atoms with E-state index in [-0.39, 0.29) is 5.91 Å². The van der Waals surface area contributed by atoms with Crippen molar-refractivity contribution < 1.29 is 4.79 Å². The lowest BCUT2D eigenvalue weighted by molar-refractivity contribution is -0.118. The molecule has 1 saturated heterocycles. The molecule has 0 atom stereocenters. The number of aryl methyl sites for hydroxylation is 2. The van der Waals surface area contributed by atoms with Gasteiger partial charge in [0.05, 0.1) is 5.69 Å². The molecular weight excluding hydrogens is 362 g/mol. The number of hydrogen-bond donors (Lipinski definition) is 1. The first kappa shape index (κ1) is 19.6. The molecular formula is C23H29N5O. The van der Waals surface area contributed by atoms with Gasteiger partial charge in [-0.05, 0) is 30.2 Å². The maximum Gasteiger partial charge on any atom is 0.219 e. The highest BCUT2D eigenvalue weighted by molar-refractivity contribution is 5.84. The fourth-order valence-electron chi connectivity index (χ4n) is 4.11. The normalized spacial score (nSPS) is 15.8. The van der Waals surface area contributed by atoms with Gasteiger partial charge in [-0.15, -0.1) is 0 Å². The Morgan fingerprint density at radius 3 is 2.48 bits per heavy atom. The predicted molar refractivity (Wildman–Crippen MR) is 115 cm³/mol. The van der Waals surface area contributed by atoms with Gasteiger partial charge in [0.25, 0.3) is 0 Å². The van der Waals surface area contributed by atoms with Gasteiger partial charge in [-0.25, -0.2) is 0 Å². The van der Waals surface area contributed by atoms with E-state index in [0.29, 0.717) is 13.0 Å². The zero-order valence-corrected chi connectivity index (χ0v) is 17.1. The summed E-state index contributed by atoms with van der Waals surface area (Å²) in [5, 5.41) is 1.27. The van der Waals surface area contributed by atoms with Gasteiger partial charge in [0.15, 0.2) is 0 Å². The van der Waals surface area contributed by atoms with Crippen LogP contribution >= 0.6 is 0 Å². The van der Waals surface area contributed by atoms with Crippen molar-refractivity contribution in [2.24, 2.45) is 5.73 Å². The molecule has 1 amide bonds. The quantitative estimate of drug-likeness (QED) is 0.672. The summed E-state index contributed by atoms with van der Waals surface area (Å²) in [4.78, 5) is 20.7. The summed E-state index contributed by atoms with van der Waals surface area (Å²) in [5.41, 5.74) is 10.3. The first-order valence-corrected chi connectivity index (χ1v) is 10.3. The summed E-state index contributed by atoms with van der Waals surface area (Å²) in [5.74, 6) is -0.261. The number of hydrogen-bond acceptors (Lipinski definition) is 4. The second kappa shape index (κ2) is 8.76. The van der Waals surface area contributed by atoms with Crippen LogP contribution in [-0.2, 0) is 24.4 Å². The molecule has 0 radical (unpaired) electrons. The first-order valence-electron chi connectivity index (χ1n) is 10.3. The first-order chi connectivity index (χ1) is 14.1. The molecule has 4 rings (SSSR count). The standard InChI is InChI=1S/C23H29N5O/c1-18-5-4-9-25-21(18)17-27-13-11-26(12-14-27)15-19-16-28(10-8-23(24)29)22-7-3-2-6-20(19)22/h2-7,9,16H,8,10-15,17H2,1H3,(H2,24,29). The van der Waals surface area contributed by atoms with Crippen LogP contribution in [0.4, 0.5) is 0 Å². The van der Waals surface area contributed by atoms with Crippen LogP contribution < -0.4 is 5.73 Å². The molecule has 2 N–H and O–H groups in total. The third-order valence-corrected chi connectivity index (χ3v) is 5.82. The Hall–Kier alpha value is -2.70. The van der Waals surface area contributed by atoms with Crippen molar-refractivity contribution in [2.75, 3.05) is 26.2 Å². The van der Waals surface area contributed by atoms with E-state index in [0.717, 1.165) is 39.3 Å². The minimum absolute atomic E-state index is 0.261. The van der Waals surface area contributed by atoms with Crippen molar-refractivity contribution in [2.45, 2.75) is 33.0 Å². The Labute approximate surface area is 171 Å². The second-order valence-electron chi connectivity index (χ2n) is 7.90. The third-order valence-electron chi connectivity index (χ3n) is 5.82. The molecule has 2 aromatic heterocycles. The van der Waals surface area contributed by atoms with Crippen LogP contribution in [0.5, 0.6) is 0 Å². The molecule has 3 heterocycles. The number of fused-ring (bicyclic) bond motifs is 1. The van der Waals surface area contributed by atoms with E-state index in [4.69, 9.17) is 5.73 Å². The van der Waals surface area contributed by atoms with Crippen LogP contribution in [0.15, 0.2) is 48.8 Å². The number of aromatic nitrogens is 2. The highest BCUT2D eigenvalue weighted by Crippen LogP contribution is 2.23. The van der Waals surface area contributed by atoms with E-state index >= 15 is 0 Å². The van der Waals surface area contributed by atoms with Crippen LogP contribution in [0.2, 0.25) is 0 Å². The smallest absolute Gasteiger partial charge is 0.219 e. The summed E-state index contributed by atoms with van der Waals surface area (Å²) in [7, 11) is 0. The van der Waals surface area contributed by atoms with Crippen LogP contribution in [0.25, 0.3) is 10.9 Å². The van der Waals surface area contributed by atoms with E-state index in [1.807, 2.05) is 18.3 Å². The van der Waals surface area contributed by atoms with Crippen molar-refractivity contribution in [1.29, 1.82) is 0 Å². The average Bonchev–Trinajstić information content (AvgIpc) is 3.07. The van der Waals surface area contributed by atoms with Gasteiger partial charge in [0, 0.05) is 75.5 Å². The van der Waals surface area contributed by atoms with E-state index in [9.17, 15) is 4.79 Å². The predicted octanol–water partition coefficient (Wildman–Crippen LogP) is 2.54. The Bertz CT molecular complexity index is 988. The molecule has 29 heavy (non-hydrogen) atoms. The maximum atomic E-state index is 11.2. The molecule has 0 unspecified atom stereocenters. The summed E-state index contributed by atoms with van der Waals surface area (Å²) >= 11 is 0. The number of amides is 1. The molecule has 0 aliphatic carbocycles. The van der Waals surface area contributed by atoms with Crippen LogP contribution in [0, 0.1) is 6.92 Å². The number of nitrogens with two attached hydrogens (primary N) is 1. The lowest BCUT2D eigenvalue weighted by atomic mass is 10.1. The van der Waals surface area contributed by atoms with Crippen LogP contribution in [0.3, 0.4) is 0 Å². The van der Waals surface area contributed by atoms with Crippen molar-refractivity contribution in [3.8, 4) is 0 Å². The third kappa shape index (κ3) is 4.66. The molecule has 6 nitrogen and oxygen atoms in total. The maximum absolute atomic E-state index is 11.2. The van der Waals surface area contributed by atoms with Crippen molar-refractivity contribution in [1.82, 2.24) is 19.4 Å². The fourth-order valence-corrected chi connectivity index (χ4v) is 4.11. The zero-order chi connectivity index (χ0) is 20.2. The molecule has 0 saturated carbocycles. The van der Waals surface area contributed by atoms with Gasteiger partial charge in [0.1, 0.15) is 0 Å². The molecule has 152 valence electrons. The van der Waals surface area contributed by atoms with E-state index < -0.39 is 0 Å². The fraction of sp³-hybridized carbons (Fsp3) is 0.391. The average molecular weight is 392 g/mol. The topological polar surface area (TPSA) is 67.4 Å². The summed E-state index contributed by atoms with van der Waals surface area (Å²) in [6.07, 6.45) is 4.44. The summed E-state index contributed by atoms with van der Waals surface area (Å²) in [6.45, 7) is 8.82. The number of carbonyl (C=O) groups is 1. The van der Waals surface area contributed by atoms with E-state index in [2.05, 4.69) is 56.7 Å². The van der Waals surface area contributed by atoms with Gasteiger partial charge < -0.3 is 10.3 Å². The van der Waals surface area contributed by atoms with Gasteiger partial charge in [0.2, 0.25) is 5.91 Å². The summed E-state index contributed by atoms with van der Waals surface area (Å²) in [6, 6.07) is 12.5. The Balaban J connectivity index is 1.40. The van der Waals surface area contributed by atoms with E-state index in [1.54, 1.807) is 0 Å². The molecule has 1 aliphatic heterocycles. The molecule has 3 aromatic rings. The number of benzene rings is 1. The molecule has 1 fully saturated rings. The van der Waals surface area contributed by atoms with E-state index in [1.165, 1.54) is 27.7 Å². The zero-order valence-electron chi connectivity index (χ0n) is 17.1. The van der Waals surface area contributed by atoms with Crippen LogP contribution in [-0.4, -0.2) is 51.4 Å². The number of para-hydroxylation sites is 1. The highest BCUT2D eigenvalue weighted by atomic mass is 16.1. The molecule has 6 heteroatoms. The van der Waals surface area contributed by atoms with Gasteiger partial charge in [-0.1, -0.05) is 24.3 Å². The summed E-state index contributed by atoms with van der Waals surface area (Å²) < 4.78 is 2.16. The Morgan fingerprint density at radius 1 is 1.03 bits per heavy atom. The molecule has 1 aliphatic rings. The van der Waals surface area contributed by atoms with Gasteiger partial charge in [-0.2, -0.15) is 0 Å². The second-order valence-corrected chi connectivity index (χ2v) is 7.90. The minimum Gasteiger partial charge on any atom is -0.370 e. The number of nitrogens with zero attached hydrogens (tertiary/aromatic N) is 4. The number of rotatable bonds is 7. The Morgan fingerprint density at radius 2 is 1.76 bits per heavy atom. The van der Waals surface area contributed by atoms with Crippen molar-refractivity contribution in [3.63, 3.8) is 0 Å². The monoisotopic (exact) mass is 391 g/mol. The van der Waals surface area contributed by atoms with Crippen molar-refractivity contribution >= 4 is 16.8 Å². The van der Waals surface area contributed by atoms with Gasteiger partial charge in [-0.3, -0.25) is 19.6 Å². The number of pyridine rings is 1. The van der Waals surface area contributed by atoms with Crippen molar-refractivity contribution in [3.05, 3.63) is 65.6 Å². The van der Waals surface area contributed by atoms with Crippen LogP contribution in [0.1, 0.15) is 23.2 Å². The van der Waals surface area contributed by atoms with Gasteiger partial charge >= 0.3 is 0 Å². The molecule has 0 bridgehead atoms. The SMILES string of the molecule is Cc1cccnc1CN1CCN(Cc2cn(CCC(N)=O)c3ccccc23)CC1. The lowest BCUT2D eigenvalue weighted by Crippen LogP contribution is -2.45. The largest absolute Gasteiger partial charge is 0.370 e. The lowest BCUT2D eigenvalue weighted by Gasteiger charge is -2.34. The molecule has 1 aromatic carbocycles. The minimum atomic E-state index is -0.261. The number of carbonyl (C=O) groups excluding carboxylic acids is 1. The molecule has 0 spiro atoms. The number of primary amides is 1. The number of piperazine rings is 1. The highest BCUT2D eigenvalue weighted by Gasteiger charge is 2.19.